The van der Waals surface area contributed by atoms with E-state index < -0.39 is 0 Å². The summed E-state index contributed by atoms with van der Waals surface area (Å²) in [6.07, 6.45) is 4.47. The zero-order valence-corrected chi connectivity index (χ0v) is 10.4. The van der Waals surface area contributed by atoms with Crippen LogP contribution in [0.1, 0.15) is 38.8 Å². The third-order valence-electron chi connectivity index (χ3n) is 2.47. The number of pyridine rings is 1. The standard InChI is InChI=1S/C13H19NO3/c1-3-12(16-17-13(15)4-2)9-8-11-7-5-6-10-14-11/h5-7,10,12H,3-4,8-9H2,1-2H3. The van der Waals surface area contributed by atoms with Gasteiger partial charge in [0.2, 0.25) is 0 Å². The fourth-order valence-corrected chi connectivity index (χ4v) is 1.36. The average molecular weight is 237 g/mol. The number of carbonyl (C=O) groups excluding carboxylic acids is 1. The number of carbonyl (C=O) groups is 1. The van der Waals surface area contributed by atoms with Crippen LogP contribution < -0.4 is 0 Å². The van der Waals surface area contributed by atoms with Crippen LogP contribution >= 0.6 is 0 Å². The average Bonchev–Trinajstić information content (AvgIpc) is 2.39. The minimum Gasteiger partial charge on any atom is -0.298 e. The van der Waals surface area contributed by atoms with Crippen molar-refractivity contribution < 1.29 is 14.6 Å². The van der Waals surface area contributed by atoms with Crippen molar-refractivity contribution in [3.8, 4) is 0 Å². The van der Waals surface area contributed by atoms with Crippen molar-refractivity contribution >= 4 is 5.97 Å². The van der Waals surface area contributed by atoms with Crippen LogP contribution in [-0.2, 0) is 21.0 Å². The molecule has 1 unspecified atom stereocenters. The molecule has 17 heavy (non-hydrogen) atoms. The molecule has 94 valence electrons. The molecule has 0 aliphatic heterocycles. The van der Waals surface area contributed by atoms with Crippen LogP contribution in [-0.4, -0.2) is 17.1 Å². The summed E-state index contributed by atoms with van der Waals surface area (Å²) in [4.78, 5) is 24.9. The van der Waals surface area contributed by atoms with Gasteiger partial charge in [-0.1, -0.05) is 19.9 Å². The van der Waals surface area contributed by atoms with Crippen molar-refractivity contribution in [3.05, 3.63) is 30.1 Å². The molecule has 0 fully saturated rings. The van der Waals surface area contributed by atoms with Crippen molar-refractivity contribution in [2.45, 2.75) is 45.6 Å². The predicted octanol–water partition coefficient (Wildman–Crippen LogP) is 2.68. The molecule has 1 aromatic rings. The second-order valence-electron chi connectivity index (χ2n) is 3.80. The summed E-state index contributed by atoms with van der Waals surface area (Å²) in [5.41, 5.74) is 1.02. The molecule has 0 spiro atoms. The summed E-state index contributed by atoms with van der Waals surface area (Å²) in [6.45, 7) is 3.74. The van der Waals surface area contributed by atoms with Gasteiger partial charge in [-0.05, 0) is 31.4 Å². The van der Waals surface area contributed by atoms with Gasteiger partial charge in [-0.3, -0.25) is 9.87 Å². The maximum absolute atomic E-state index is 10.9. The van der Waals surface area contributed by atoms with E-state index in [0.717, 1.165) is 25.0 Å². The van der Waals surface area contributed by atoms with Crippen LogP contribution in [0.15, 0.2) is 24.4 Å². The summed E-state index contributed by atoms with van der Waals surface area (Å²) < 4.78 is 0. The monoisotopic (exact) mass is 237 g/mol. The van der Waals surface area contributed by atoms with Crippen LogP contribution in [0.2, 0.25) is 0 Å². The first-order valence-electron chi connectivity index (χ1n) is 6.02. The van der Waals surface area contributed by atoms with Crippen LogP contribution in [0.5, 0.6) is 0 Å². The van der Waals surface area contributed by atoms with E-state index >= 15 is 0 Å². The number of hydrogen-bond donors (Lipinski definition) is 0. The van der Waals surface area contributed by atoms with Gasteiger partial charge < -0.3 is 0 Å². The van der Waals surface area contributed by atoms with Gasteiger partial charge in [-0.2, -0.15) is 4.89 Å². The molecule has 1 rings (SSSR count). The topological polar surface area (TPSA) is 48.4 Å². The third-order valence-corrected chi connectivity index (χ3v) is 2.47. The molecule has 0 N–H and O–H groups in total. The van der Waals surface area contributed by atoms with Crippen molar-refractivity contribution in [1.82, 2.24) is 4.98 Å². The van der Waals surface area contributed by atoms with Crippen LogP contribution in [0.25, 0.3) is 0 Å². The summed E-state index contributed by atoms with van der Waals surface area (Å²) in [6, 6.07) is 5.83. The molecule has 1 atom stereocenters. The van der Waals surface area contributed by atoms with Gasteiger partial charge in [0.05, 0.1) is 0 Å². The number of hydrogen-bond acceptors (Lipinski definition) is 4. The Kier molecular flexibility index (Phi) is 6.25. The number of aromatic nitrogens is 1. The number of nitrogens with zero attached hydrogens (tertiary/aromatic N) is 1. The minimum atomic E-state index is -0.332. The number of rotatable bonds is 7. The summed E-state index contributed by atoms with van der Waals surface area (Å²) in [7, 11) is 0. The third kappa shape index (κ3) is 5.45. The molecular formula is C13H19NO3. The van der Waals surface area contributed by atoms with E-state index in [1.807, 2.05) is 25.1 Å². The zero-order chi connectivity index (χ0) is 12.5. The highest BCUT2D eigenvalue weighted by Gasteiger charge is 2.11. The highest BCUT2D eigenvalue weighted by molar-refractivity contribution is 5.68. The Labute approximate surface area is 102 Å². The van der Waals surface area contributed by atoms with Crippen molar-refractivity contribution in [2.75, 3.05) is 0 Å². The molecule has 1 heterocycles. The van der Waals surface area contributed by atoms with Gasteiger partial charge >= 0.3 is 5.97 Å². The lowest BCUT2D eigenvalue weighted by Crippen LogP contribution is -2.16. The van der Waals surface area contributed by atoms with Gasteiger partial charge in [-0.25, -0.2) is 4.79 Å². The van der Waals surface area contributed by atoms with Gasteiger partial charge in [0.1, 0.15) is 6.10 Å². The number of aryl methyl sites for hydroxylation is 1. The molecule has 0 aliphatic rings. The molecule has 0 saturated carbocycles. The summed E-state index contributed by atoms with van der Waals surface area (Å²) in [5, 5.41) is 0. The molecular weight excluding hydrogens is 218 g/mol. The van der Waals surface area contributed by atoms with E-state index in [2.05, 4.69) is 9.87 Å². The molecule has 0 radical (unpaired) electrons. The van der Waals surface area contributed by atoms with E-state index in [1.165, 1.54) is 0 Å². The largest absolute Gasteiger partial charge is 0.342 e. The van der Waals surface area contributed by atoms with Crippen molar-refractivity contribution in [1.29, 1.82) is 0 Å². The Balaban J connectivity index is 2.30. The lowest BCUT2D eigenvalue weighted by atomic mass is 10.1. The molecule has 1 aromatic heterocycles. The second-order valence-corrected chi connectivity index (χ2v) is 3.80. The fraction of sp³-hybridized carbons (Fsp3) is 0.538. The Morgan fingerprint density at radius 1 is 1.41 bits per heavy atom. The Morgan fingerprint density at radius 3 is 2.82 bits per heavy atom. The normalized spacial score (nSPS) is 12.1. The first-order valence-corrected chi connectivity index (χ1v) is 6.02. The second kappa shape index (κ2) is 7.79. The Hall–Kier alpha value is -1.42. The molecule has 0 aliphatic carbocycles. The van der Waals surface area contributed by atoms with E-state index in [-0.39, 0.29) is 12.1 Å². The molecule has 0 amide bonds. The Bertz CT molecular complexity index is 327. The molecule has 0 aromatic carbocycles. The smallest absolute Gasteiger partial charge is 0.298 e. The van der Waals surface area contributed by atoms with E-state index in [1.54, 1.807) is 13.1 Å². The fourth-order valence-electron chi connectivity index (χ4n) is 1.36. The molecule has 0 saturated heterocycles. The zero-order valence-electron chi connectivity index (χ0n) is 10.4. The van der Waals surface area contributed by atoms with Crippen LogP contribution in [0.4, 0.5) is 0 Å². The highest BCUT2D eigenvalue weighted by Crippen LogP contribution is 2.09. The van der Waals surface area contributed by atoms with Gasteiger partial charge in [0.25, 0.3) is 0 Å². The predicted molar refractivity (Wildman–Crippen MR) is 64.1 cm³/mol. The van der Waals surface area contributed by atoms with E-state index in [9.17, 15) is 4.79 Å². The van der Waals surface area contributed by atoms with E-state index in [0.29, 0.717) is 6.42 Å². The van der Waals surface area contributed by atoms with Gasteiger partial charge in [-0.15, -0.1) is 0 Å². The quantitative estimate of drug-likeness (QED) is 0.540. The Morgan fingerprint density at radius 2 is 2.24 bits per heavy atom. The SMILES string of the molecule is CCC(=O)OOC(CC)CCc1ccccn1. The van der Waals surface area contributed by atoms with Gasteiger partial charge in [0, 0.05) is 18.3 Å². The van der Waals surface area contributed by atoms with Crippen molar-refractivity contribution in [3.63, 3.8) is 0 Å². The van der Waals surface area contributed by atoms with Crippen molar-refractivity contribution in [2.24, 2.45) is 0 Å². The van der Waals surface area contributed by atoms with E-state index in [4.69, 9.17) is 4.89 Å². The van der Waals surface area contributed by atoms with Crippen LogP contribution in [0, 0.1) is 0 Å². The van der Waals surface area contributed by atoms with Crippen LogP contribution in [0.3, 0.4) is 0 Å². The summed E-state index contributed by atoms with van der Waals surface area (Å²) in [5.74, 6) is -0.332. The maximum Gasteiger partial charge on any atom is 0.342 e. The highest BCUT2D eigenvalue weighted by atomic mass is 17.2. The summed E-state index contributed by atoms with van der Waals surface area (Å²) >= 11 is 0. The first-order chi connectivity index (χ1) is 8.26. The minimum absolute atomic E-state index is 0.0625. The van der Waals surface area contributed by atoms with Gasteiger partial charge in [0.15, 0.2) is 0 Å². The molecule has 4 heteroatoms. The lowest BCUT2D eigenvalue weighted by Gasteiger charge is -2.13. The lowest BCUT2D eigenvalue weighted by molar-refractivity contribution is -0.299. The molecule has 0 bridgehead atoms. The molecule has 4 nitrogen and oxygen atoms in total. The first kappa shape index (κ1) is 13.6. The maximum atomic E-state index is 10.9.